The fourth-order valence-electron chi connectivity index (χ4n) is 2.76. The normalized spacial score (nSPS) is 17.8. The second kappa shape index (κ2) is 10.1. The Hall–Kier alpha value is -3.31. The van der Waals surface area contributed by atoms with Gasteiger partial charge in [0.2, 0.25) is 24.5 Å². The van der Waals surface area contributed by atoms with E-state index in [4.69, 9.17) is 14.9 Å². The molecule has 1 aliphatic carbocycles. The van der Waals surface area contributed by atoms with Crippen LogP contribution in [0.3, 0.4) is 0 Å². The first-order chi connectivity index (χ1) is 14.6. The second-order valence-corrected chi connectivity index (χ2v) is 6.93. The summed E-state index contributed by atoms with van der Waals surface area (Å²) in [6, 6.07) is 2.97. The van der Waals surface area contributed by atoms with Gasteiger partial charge < -0.3 is 21.2 Å². The van der Waals surface area contributed by atoms with E-state index in [1.54, 1.807) is 13.0 Å². The predicted molar refractivity (Wildman–Crippen MR) is 105 cm³/mol. The lowest BCUT2D eigenvalue weighted by molar-refractivity contribution is -0.106. The van der Waals surface area contributed by atoms with Gasteiger partial charge in [0.15, 0.2) is 0 Å². The van der Waals surface area contributed by atoms with Crippen LogP contribution < -0.4 is 15.8 Å². The smallest absolute Gasteiger partial charge is 0.304 e. The number of halogens is 4. The summed E-state index contributed by atoms with van der Waals surface area (Å²) in [5, 5.41) is 10.3. The Morgan fingerprint density at radius 1 is 1.32 bits per heavy atom. The standard InChI is InChI=1S/C18H19F4N5O.CH3NO/c1-9-3-13(11(7-23)8-24-9)25-14-6-15(27-17(26-14)18(2,21)22)28-12-4-10(5-12)16(19)20;2-1-3/h3,6-8,10,12,16,23H,4-5H2,1-2H3,(H,24,25,26,27);1H,(H2,2,3). The van der Waals surface area contributed by atoms with Gasteiger partial charge in [0, 0.05) is 42.6 Å². The number of aryl methyl sites for hydroxylation is 1. The summed E-state index contributed by atoms with van der Waals surface area (Å²) < 4.78 is 58.3. The summed E-state index contributed by atoms with van der Waals surface area (Å²) in [6.07, 6.45) is 0.153. The van der Waals surface area contributed by atoms with Gasteiger partial charge in [0.1, 0.15) is 11.9 Å². The van der Waals surface area contributed by atoms with E-state index in [0.717, 1.165) is 6.21 Å². The molecule has 2 heterocycles. The molecule has 0 unspecified atom stereocenters. The molecule has 4 N–H and O–H groups in total. The van der Waals surface area contributed by atoms with E-state index in [1.807, 2.05) is 0 Å². The molecular formula is C19H22F4N6O2. The minimum Gasteiger partial charge on any atom is -0.474 e. The number of ether oxygens (including phenoxy) is 1. The van der Waals surface area contributed by atoms with Gasteiger partial charge in [-0.25, -0.2) is 13.8 Å². The molecule has 1 fully saturated rings. The molecule has 3 rings (SSSR count). The van der Waals surface area contributed by atoms with Crippen LogP contribution in [0.5, 0.6) is 5.88 Å². The van der Waals surface area contributed by atoms with E-state index < -0.39 is 30.2 Å². The maximum absolute atomic E-state index is 13.8. The lowest BCUT2D eigenvalue weighted by Gasteiger charge is -2.34. The van der Waals surface area contributed by atoms with Crippen molar-refractivity contribution in [2.45, 2.75) is 45.1 Å². The minimum absolute atomic E-state index is 0.0416. The number of nitrogens with two attached hydrogens (primary N) is 1. The SMILES string of the molecule is Cc1cc(Nc2cc(OC3CC(C(F)F)C3)nc(C(C)(F)F)n2)c(C=N)cn1.NC=O. The van der Waals surface area contributed by atoms with Crippen LogP contribution in [0.1, 0.15) is 36.8 Å². The third kappa shape index (κ3) is 6.59. The van der Waals surface area contributed by atoms with Gasteiger partial charge in [0.25, 0.3) is 0 Å². The van der Waals surface area contributed by atoms with Gasteiger partial charge in [-0.3, -0.25) is 9.78 Å². The van der Waals surface area contributed by atoms with Gasteiger partial charge in [-0.2, -0.15) is 13.8 Å². The number of primary amides is 1. The minimum atomic E-state index is -3.32. The first kappa shape index (κ1) is 24.0. The predicted octanol–water partition coefficient (Wildman–Crippen LogP) is 3.56. The van der Waals surface area contributed by atoms with E-state index in [1.165, 1.54) is 12.3 Å². The van der Waals surface area contributed by atoms with Crippen molar-refractivity contribution in [2.24, 2.45) is 11.7 Å². The molecule has 0 atom stereocenters. The Morgan fingerprint density at radius 2 is 1.97 bits per heavy atom. The fourth-order valence-corrected chi connectivity index (χ4v) is 2.76. The Balaban J connectivity index is 0.00000107. The lowest BCUT2D eigenvalue weighted by atomic mass is 9.83. The van der Waals surface area contributed by atoms with E-state index in [2.05, 4.69) is 26.0 Å². The fraction of sp³-hybridized carbons (Fsp3) is 0.421. The van der Waals surface area contributed by atoms with Gasteiger partial charge >= 0.3 is 5.92 Å². The average Bonchev–Trinajstić information content (AvgIpc) is 2.64. The zero-order chi connectivity index (χ0) is 23.2. The van der Waals surface area contributed by atoms with Crippen molar-refractivity contribution in [3.05, 3.63) is 35.4 Å². The van der Waals surface area contributed by atoms with Crippen LogP contribution in [-0.4, -0.2) is 40.1 Å². The third-order valence-electron chi connectivity index (χ3n) is 4.36. The number of amides is 1. The van der Waals surface area contributed by atoms with Gasteiger partial charge in [-0.15, -0.1) is 0 Å². The second-order valence-electron chi connectivity index (χ2n) is 6.93. The number of carbonyl (C=O) groups is 1. The van der Waals surface area contributed by atoms with Crippen molar-refractivity contribution < 1.29 is 27.1 Å². The molecule has 0 saturated heterocycles. The molecule has 2 aromatic heterocycles. The first-order valence-corrected chi connectivity index (χ1v) is 9.19. The number of aromatic nitrogens is 3. The number of nitrogens with zero attached hydrogens (tertiary/aromatic N) is 3. The van der Waals surface area contributed by atoms with E-state index >= 15 is 0 Å². The van der Waals surface area contributed by atoms with E-state index in [9.17, 15) is 17.6 Å². The van der Waals surface area contributed by atoms with Gasteiger partial charge in [-0.05, 0) is 25.8 Å². The highest BCUT2D eigenvalue weighted by Gasteiger charge is 2.38. The van der Waals surface area contributed by atoms with Crippen LogP contribution in [0.2, 0.25) is 0 Å². The zero-order valence-corrected chi connectivity index (χ0v) is 16.8. The molecule has 0 aromatic carbocycles. The molecule has 12 heteroatoms. The zero-order valence-electron chi connectivity index (χ0n) is 16.8. The average molecular weight is 442 g/mol. The maximum atomic E-state index is 13.8. The number of anilines is 2. The molecule has 2 aromatic rings. The molecule has 31 heavy (non-hydrogen) atoms. The summed E-state index contributed by atoms with van der Waals surface area (Å²) in [7, 11) is 0. The van der Waals surface area contributed by atoms with Crippen LogP contribution in [0.15, 0.2) is 18.3 Å². The highest BCUT2D eigenvalue weighted by atomic mass is 19.3. The number of rotatable bonds is 7. The Morgan fingerprint density at radius 3 is 2.52 bits per heavy atom. The van der Waals surface area contributed by atoms with Crippen LogP contribution in [-0.2, 0) is 10.7 Å². The van der Waals surface area contributed by atoms with Crippen molar-refractivity contribution in [3.63, 3.8) is 0 Å². The number of alkyl halides is 4. The van der Waals surface area contributed by atoms with Crippen LogP contribution in [0.25, 0.3) is 0 Å². The van der Waals surface area contributed by atoms with Crippen LogP contribution in [0, 0.1) is 18.3 Å². The molecule has 0 aliphatic heterocycles. The summed E-state index contributed by atoms with van der Waals surface area (Å²) in [6.45, 7) is 2.40. The molecule has 8 nitrogen and oxygen atoms in total. The van der Waals surface area contributed by atoms with Gasteiger partial charge in [-0.1, -0.05) is 0 Å². The largest absolute Gasteiger partial charge is 0.474 e. The topological polar surface area (TPSA) is 127 Å². The first-order valence-electron chi connectivity index (χ1n) is 9.19. The molecule has 0 radical (unpaired) electrons. The summed E-state index contributed by atoms with van der Waals surface area (Å²) in [5.74, 6) is -4.89. The molecule has 1 aliphatic rings. The number of hydrogen-bond acceptors (Lipinski definition) is 7. The third-order valence-corrected chi connectivity index (χ3v) is 4.36. The Labute approximate surface area is 175 Å². The number of pyridine rings is 1. The molecule has 1 saturated carbocycles. The number of carbonyl (C=O) groups excluding carboxylic acids is 1. The summed E-state index contributed by atoms with van der Waals surface area (Å²) >= 11 is 0. The molecule has 0 spiro atoms. The molecule has 168 valence electrons. The van der Waals surface area contributed by atoms with E-state index in [0.29, 0.717) is 23.9 Å². The van der Waals surface area contributed by atoms with Crippen LogP contribution in [0.4, 0.5) is 29.1 Å². The summed E-state index contributed by atoms with van der Waals surface area (Å²) in [4.78, 5) is 20.2. The molecule has 0 bridgehead atoms. The van der Waals surface area contributed by atoms with Crippen molar-refractivity contribution >= 4 is 24.1 Å². The van der Waals surface area contributed by atoms with Crippen molar-refractivity contribution in [3.8, 4) is 5.88 Å². The Bertz CT molecular complexity index is 917. The van der Waals surface area contributed by atoms with Crippen LogP contribution >= 0.6 is 0 Å². The molecular weight excluding hydrogens is 420 g/mol. The van der Waals surface area contributed by atoms with Gasteiger partial charge in [0.05, 0.1) is 5.69 Å². The van der Waals surface area contributed by atoms with Crippen molar-refractivity contribution in [1.82, 2.24) is 15.0 Å². The quantitative estimate of drug-likeness (QED) is 0.342. The maximum Gasteiger partial charge on any atom is 0.304 e. The monoisotopic (exact) mass is 442 g/mol. The summed E-state index contributed by atoms with van der Waals surface area (Å²) in [5.41, 5.74) is 5.72. The molecule has 1 amide bonds. The highest BCUT2D eigenvalue weighted by molar-refractivity contribution is 5.86. The Kier molecular flexibility index (Phi) is 7.83. The number of hydrogen-bond donors (Lipinski definition) is 3. The number of nitrogens with one attached hydrogen (secondary N) is 2. The van der Waals surface area contributed by atoms with Crippen molar-refractivity contribution in [2.75, 3.05) is 5.32 Å². The lowest BCUT2D eigenvalue weighted by Crippen LogP contribution is -2.37. The van der Waals surface area contributed by atoms with Crippen molar-refractivity contribution in [1.29, 1.82) is 5.41 Å². The highest BCUT2D eigenvalue weighted by Crippen LogP contribution is 2.36. The van der Waals surface area contributed by atoms with E-state index in [-0.39, 0.29) is 30.9 Å².